The van der Waals surface area contributed by atoms with Crippen molar-refractivity contribution in [1.29, 1.82) is 0 Å². The fraction of sp³-hybridized carbons (Fsp3) is 0.500. The minimum Gasteiger partial charge on any atom is -0.491 e. The van der Waals surface area contributed by atoms with Gasteiger partial charge in [0.05, 0.1) is 19.1 Å². The number of carboxylic acid groups (broad SMARTS) is 1. The zero-order valence-corrected chi connectivity index (χ0v) is 12.8. The summed E-state index contributed by atoms with van der Waals surface area (Å²) in [7, 11) is 0. The Morgan fingerprint density at radius 2 is 2.14 bits per heavy atom. The molecule has 0 saturated carbocycles. The first-order chi connectivity index (χ1) is 10.4. The Kier molecular flexibility index (Phi) is 5.03. The van der Waals surface area contributed by atoms with Gasteiger partial charge in [0.25, 0.3) is 0 Å². The molecule has 0 radical (unpaired) electrons. The Morgan fingerprint density at radius 3 is 2.73 bits per heavy atom. The molecule has 6 nitrogen and oxygen atoms in total. The van der Waals surface area contributed by atoms with Gasteiger partial charge in [0.15, 0.2) is 5.54 Å². The van der Waals surface area contributed by atoms with Gasteiger partial charge in [0, 0.05) is 18.6 Å². The third-order valence-electron chi connectivity index (χ3n) is 3.50. The molecular formula is C16H21NO5. The van der Waals surface area contributed by atoms with Gasteiger partial charge in [0.2, 0.25) is 5.91 Å². The van der Waals surface area contributed by atoms with Gasteiger partial charge in [-0.15, -0.1) is 0 Å². The van der Waals surface area contributed by atoms with E-state index in [2.05, 4.69) is 5.32 Å². The summed E-state index contributed by atoms with van der Waals surface area (Å²) in [5.41, 5.74) is -0.585. The molecule has 1 amide bonds. The number of benzene rings is 1. The number of carbonyl (C=O) groups excluding carboxylic acids is 1. The van der Waals surface area contributed by atoms with E-state index in [9.17, 15) is 14.7 Å². The molecule has 120 valence electrons. The van der Waals surface area contributed by atoms with Crippen molar-refractivity contribution < 1.29 is 24.2 Å². The Morgan fingerprint density at radius 1 is 1.41 bits per heavy atom. The molecule has 1 fully saturated rings. The minimum absolute atomic E-state index is 0.00177. The first-order valence-corrected chi connectivity index (χ1v) is 7.30. The molecular weight excluding hydrogens is 286 g/mol. The molecule has 2 rings (SSSR count). The summed E-state index contributed by atoms with van der Waals surface area (Å²) in [6.07, 6.45) is 0.341. The van der Waals surface area contributed by atoms with Gasteiger partial charge in [-0.2, -0.15) is 0 Å². The second kappa shape index (κ2) is 6.79. The monoisotopic (exact) mass is 307 g/mol. The smallest absolute Gasteiger partial charge is 0.331 e. The van der Waals surface area contributed by atoms with E-state index < -0.39 is 11.5 Å². The van der Waals surface area contributed by atoms with Gasteiger partial charge in [-0.05, 0) is 19.9 Å². The fourth-order valence-electron chi connectivity index (χ4n) is 2.39. The number of hydrogen-bond donors (Lipinski definition) is 2. The third kappa shape index (κ3) is 3.76. The van der Waals surface area contributed by atoms with Crippen molar-refractivity contribution in [1.82, 2.24) is 5.32 Å². The Labute approximate surface area is 129 Å². The van der Waals surface area contributed by atoms with Gasteiger partial charge >= 0.3 is 5.97 Å². The lowest BCUT2D eigenvalue weighted by atomic mass is 9.98. The maximum atomic E-state index is 12.2. The lowest BCUT2D eigenvalue weighted by Gasteiger charge is -2.24. The van der Waals surface area contributed by atoms with Gasteiger partial charge in [0.1, 0.15) is 5.75 Å². The Bertz CT molecular complexity index is 549. The van der Waals surface area contributed by atoms with E-state index in [-0.39, 0.29) is 31.5 Å². The van der Waals surface area contributed by atoms with Crippen LogP contribution in [0, 0.1) is 0 Å². The number of ether oxygens (including phenoxy) is 2. The first-order valence-electron chi connectivity index (χ1n) is 7.30. The largest absolute Gasteiger partial charge is 0.491 e. The van der Waals surface area contributed by atoms with Crippen molar-refractivity contribution in [2.45, 2.75) is 38.3 Å². The van der Waals surface area contributed by atoms with E-state index in [0.717, 1.165) is 5.56 Å². The zero-order valence-electron chi connectivity index (χ0n) is 12.8. The predicted molar refractivity (Wildman–Crippen MR) is 79.9 cm³/mol. The van der Waals surface area contributed by atoms with E-state index in [4.69, 9.17) is 9.47 Å². The van der Waals surface area contributed by atoms with Crippen LogP contribution in [-0.4, -0.2) is 41.8 Å². The van der Waals surface area contributed by atoms with Crippen LogP contribution in [0.25, 0.3) is 0 Å². The Hall–Kier alpha value is -2.08. The lowest BCUT2D eigenvalue weighted by Crippen LogP contribution is -2.55. The summed E-state index contributed by atoms with van der Waals surface area (Å²) in [5.74, 6) is -0.780. The molecule has 0 spiro atoms. The summed E-state index contributed by atoms with van der Waals surface area (Å²) < 4.78 is 10.8. The molecule has 0 aliphatic carbocycles. The molecule has 0 bridgehead atoms. The van der Waals surface area contributed by atoms with Crippen LogP contribution in [0.2, 0.25) is 0 Å². The van der Waals surface area contributed by atoms with E-state index in [1.54, 1.807) is 12.1 Å². The van der Waals surface area contributed by atoms with Crippen LogP contribution in [0.1, 0.15) is 25.8 Å². The second-order valence-corrected chi connectivity index (χ2v) is 5.69. The maximum absolute atomic E-state index is 12.2. The van der Waals surface area contributed by atoms with Crippen molar-refractivity contribution in [3.63, 3.8) is 0 Å². The highest BCUT2D eigenvalue weighted by atomic mass is 16.5. The van der Waals surface area contributed by atoms with Gasteiger partial charge in [-0.25, -0.2) is 4.79 Å². The van der Waals surface area contributed by atoms with Crippen LogP contribution in [0.4, 0.5) is 0 Å². The summed E-state index contributed by atoms with van der Waals surface area (Å²) >= 11 is 0. The first kappa shape index (κ1) is 16.3. The molecule has 0 aromatic heterocycles. The number of aliphatic carboxylic acids is 1. The lowest BCUT2D eigenvalue weighted by molar-refractivity contribution is -0.147. The molecule has 2 N–H and O–H groups in total. The fourth-order valence-corrected chi connectivity index (χ4v) is 2.39. The van der Waals surface area contributed by atoms with Crippen molar-refractivity contribution in [3.8, 4) is 5.75 Å². The highest BCUT2D eigenvalue weighted by Gasteiger charge is 2.43. The Balaban J connectivity index is 2.07. The molecule has 1 heterocycles. The van der Waals surface area contributed by atoms with E-state index in [0.29, 0.717) is 12.4 Å². The molecule has 1 aliphatic heterocycles. The highest BCUT2D eigenvalue weighted by molar-refractivity contribution is 5.88. The van der Waals surface area contributed by atoms with Crippen molar-refractivity contribution >= 4 is 11.9 Å². The summed E-state index contributed by atoms with van der Waals surface area (Å²) in [4.78, 5) is 23.6. The summed E-state index contributed by atoms with van der Waals surface area (Å²) in [5, 5.41) is 11.9. The summed E-state index contributed by atoms with van der Waals surface area (Å²) in [6, 6.07) is 7.26. The van der Waals surface area contributed by atoms with Gasteiger partial charge < -0.3 is 19.9 Å². The van der Waals surface area contributed by atoms with E-state index in [1.807, 2.05) is 26.0 Å². The standard InChI is InChI=1S/C16H21NO5/c1-11(2)22-13-6-4-3-5-12(13)9-14(18)17-16(15(19)20)7-8-21-10-16/h3-6,11H,7-10H2,1-2H3,(H,17,18)(H,19,20). The predicted octanol–water partition coefficient (Wildman–Crippen LogP) is 1.38. The van der Waals surface area contributed by atoms with E-state index >= 15 is 0 Å². The van der Waals surface area contributed by atoms with Gasteiger partial charge in [-0.1, -0.05) is 18.2 Å². The number of carbonyl (C=O) groups is 2. The van der Waals surface area contributed by atoms with Crippen LogP contribution in [-0.2, 0) is 20.7 Å². The SMILES string of the molecule is CC(C)Oc1ccccc1CC(=O)NC1(C(=O)O)CCOC1. The van der Waals surface area contributed by atoms with Crippen LogP contribution >= 0.6 is 0 Å². The minimum atomic E-state index is -1.31. The average molecular weight is 307 g/mol. The van der Waals surface area contributed by atoms with Crippen molar-refractivity contribution in [3.05, 3.63) is 29.8 Å². The number of carboxylic acids is 1. The third-order valence-corrected chi connectivity index (χ3v) is 3.50. The number of amides is 1. The number of nitrogens with one attached hydrogen (secondary N) is 1. The second-order valence-electron chi connectivity index (χ2n) is 5.69. The molecule has 1 saturated heterocycles. The van der Waals surface area contributed by atoms with Crippen molar-refractivity contribution in [2.75, 3.05) is 13.2 Å². The zero-order chi connectivity index (χ0) is 16.2. The van der Waals surface area contributed by atoms with Crippen LogP contribution in [0.3, 0.4) is 0 Å². The molecule has 1 unspecified atom stereocenters. The normalized spacial score (nSPS) is 20.9. The van der Waals surface area contributed by atoms with Crippen LogP contribution in [0.5, 0.6) is 5.75 Å². The molecule has 22 heavy (non-hydrogen) atoms. The van der Waals surface area contributed by atoms with Crippen LogP contribution in [0.15, 0.2) is 24.3 Å². The maximum Gasteiger partial charge on any atom is 0.331 e. The molecule has 1 aliphatic rings. The van der Waals surface area contributed by atoms with Crippen molar-refractivity contribution in [2.24, 2.45) is 0 Å². The van der Waals surface area contributed by atoms with Gasteiger partial charge in [-0.3, -0.25) is 4.79 Å². The van der Waals surface area contributed by atoms with Crippen LogP contribution < -0.4 is 10.1 Å². The number of hydrogen-bond acceptors (Lipinski definition) is 4. The molecule has 1 aromatic carbocycles. The van der Waals surface area contributed by atoms with E-state index in [1.165, 1.54) is 0 Å². The summed E-state index contributed by atoms with van der Waals surface area (Å²) in [6.45, 7) is 4.15. The quantitative estimate of drug-likeness (QED) is 0.829. The highest BCUT2D eigenvalue weighted by Crippen LogP contribution is 2.22. The molecule has 1 aromatic rings. The molecule has 6 heteroatoms. The average Bonchev–Trinajstić information content (AvgIpc) is 2.90. The topological polar surface area (TPSA) is 84.9 Å². The molecule has 1 atom stereocenters. The number of para-hydroxylation sites is 1. The number of rotatable bonds is 6.